The lowest BCUT2D eigenvalue weighted by Crippen LogP contribution is -2.51. The topological polar surface area (TPSA) is 87.7 Å². The number of amides is 3. The maximum absolute atomic E-state index is 13.4. The van der Waals surface area contributed by atoms with Gasteiger partial charge in [-0.3, -0.25) is 14.4 Å². The average Bonchev–Trinajstić information content (AvgIpc) is 2.82. The molecule has 3 aromatic carbocycles. The van der Waals surface area contributed by atoms with Crippen LogP contribution in [0.5, 0.6) is 5.75 Å². The number of hydrogen-bond acceptors (Lipinski definition) is 4. The number of anilines is 2. The van der Waals surface area contributed by atoms with Crippen LogP contribution in [0.25, 0.3) is 0 Å². The van der Waals surface area contributed by atoms with E-state index >= 15 is 0 Å². The number of nitrogens with zero attached hydrogens (tertiary/aromatic N) is 1. The van der Waals surface area contributed by atoms with E-state index in [1.807, 2.05) is 6.07 Å². The summed E-state index contributed by atoms with van der Waals surface area (Å²) >= 11 is 0. The molecule has 3 rings (SSSR count). The van der Waals surface area contributed by atoms with Gasteiger partial charge in [-0.1, -0.05) is 30.3 Å². The van der Waals surface area contributed by atoms with Crippen LogP contribution in [0.3, 0.4) is 0 Å². The fourth-order valence-corrected chi connectivity index (χ4v) is 3.25. The monoisotopic (exact) mass is 467 g/mol. The Bertz CT molecular complexity index is 1150. The highest BCUT2D eigenvalue weighted by molar-refractivity contribution is 6.40. The SMILES string of the molecule is COc1ccc(N(C)C(=O)[C@H](Cc2ccccc2)NC(=O)C(=O)Nc2cc(F)cc(F)c2)cc1. The van der Waals surface area contributed by atoms with Crippen LogP contribution < -0.4 is 20.3 Å². The van der Waals surface area contributed by atoms with Crippen molar-refractivity contribution in [1.29, 1.82) is 0 Å². The Morgan fingerprint density at radius 3 is 2.12 bits per heavy atom. The molecule has 0 heterocycles. The van der Waals surface area contributed by atoms with Crippen LogP contribution in [0.2, 0.25) is 0 Å². The third kappa shape index (κ3) is 6.38. The van der Waals surface area contributed by atoms with Crippen molar-refractivity contribution >= 4 is 29.1 Å². The number of halogens is 2. The van der Waals surface area contributed by atoms with Gasteiger partial charge in [0.1, 0.15) is 23.4 Å². The first-order valence-electron chi connectivity index (χ1n) is 10.3. The molecule has 1 atom stereocenters. The molecule has 0 unspecified atom stereocenters. The average molecular weight is 467 g/mol. The Hall–Kier alpha value is -4.27. The van der Waals surface area contributed by atoms with E-state index in [1.54, 1.807) is 55.6 Å². The van der Waals surface area contributed by atoms with Gasteiger partial charge in [0.15, 0.2) is 0 Å². The molecule has 0 saturated carbocycles. The van der Waals surface area contributed by atoms with Crippen LogP contribution in [-0.4, -0.2) is 37.9 Å². The molecule has 9 heteroatoms. The molecule has 3 aromatic rings. The Kier molecular flexibility index (Phi) is 7.92. The zero-order chi connectivity index (χ0) is 24.7. The van der Waals surface area contributed by atoms with Crippen LogP contribution in [-0.2, 0) is 20.8 Å². The summed E-state index contributed by atoms with van der Waals surface area (Å²) in [5.41, 5.74) is 1.09. The highest BCUT2D eigenvalue weighted by Gasteiger charge is 2.28. The summed E-state index contributed by atoms with van der Waals surface area (Å²) in [6.07, 6.45) is 0.119. The van der Waals surface area contributed by atoms with Crippen LogP contribution in [0, 0.1) is 11.6 Å². The summed E-state index contributed by atoms with van der Waals surface area (Å²) in [5.74, 6) is -3.95. The number of hydrogen-bond donors (Lipinski definition) is 2. The first kappa shape index (κ1) is 24.4. The van der Waals surface area contributed by atoms with Crippen molar-refractivity contribution < 1.29 is 27.9 Å². The highest BCUT2D eigenvalue weighted by Crippen LogP contribution is 2.19. The summed E-state index contributed by atoms with van der Waals surface area (Å²) in [4.78, 5) is 39.5. The molecule has 0 aliphatic heterocycles. The third-order valence-corrected chi connectivity index (χ3v) is 5.00. The first-order valence-corrected chi connectivity index (χ1v) is 10.3. The lowest BCUT2D eigenvalue weighted by atomic mass is 10.0. The van der Waals surface area contributed by atoms with E-state index in [1.165, 1.54) is 12.0 Å². The minimum atomic E-state index is -1.16. The molecule has 0 spiro atoms. The third-order valence-electron chi connectivity index (χ3n) is 5.00. The van der Waals surface area contributed by atoms with Crippen LogP contribution in [0.15, 0.2) is 72.8 Å². The van der Waals surface area contributed by atoms with Crippen molar-refractivity contribution in [3.8, 4) is 5.75 Å². The second-order valence-corrected chi connectivity index (χ2v) is 7.42. The number of benzene rings is 3. The van der Waals surface area contributed by atoms with Gasteiger partial charge in [-0.05, 0) is 42.0 Å². The lowest BCUT2D eigenvalue weighted by molar-refractivity contribution is -0.137. The van der Waals surface area contributed by atoms with Crippen molar-refractivity contribution in [2.24, 2.45) is 0 Å². The zero-order valence-electron chi connectivity index (χ0n) is 18.5. The fraction of sp³-hybridized carbons (Fsp3) is 0.160. The molecule has 0 saturated heterocycles. The zero-order valence-corrected chi connectivity index (χ0v) is 18.5. The maximum atomic E-state index is 13.4. The number of carbonyl (C=O) groups is 3. The van der Waals surface area contributed by atoms with Crippen LogP contribution >= 0.6 is 0 Å². The second-order valence-electron chi connectivity index (χ2n) is 7.42. The Morgan fingerprint density at radius 2 is 1.53 bits per heavy atom. The van der Waals surface area contributed by atoms with Gasteiger partial charge < -0.3 is 20.3 Å². The van der Waals surface area contributed by atoms with E-state index < -0.39 is 35.4 Å². The van der Waals surface area contributed by atoms with Gasteiger partial charge in [-0.2, -0.15) is 0 Å². The number of nitrogens with one attached hydrogen (secondary N) is 2. The predicted octanol–water partition coefficient (Wildman–Crippen LogP) is 3.30. The van der Waals surface area contributed by atoms with Gasteiger partial charge in [0, 0.05) is 30.9 Å². The number of methoxy groups -OCH3 is 1. The number of carbonyl (C=O) groups excluding carboxylic acids is 3. The normalized spacial score (nSPS) is 11.3. The highest BCUT2D eigenvalue weighted by atomic mass is 19.1. The van der Waals surface area contributed by atoms with Gasteiger partial charge in [0.05, 0.1) is 7.11 Å². The molecule has 34 heavy (non-hydrogen) atoms. The van der Waals surface area contributed by atoms with Crippen LogP contribution in [0.4, 0.5) is 20.2 Å². The molecular weight excluding hydrogens is 444 g/mol. The van der Waals surface area contributed by atoms with E-state index in [0.717, 1.165) is 17.7 Å². The Labute approximate surface area is 195 Å². The number of likely N-dealkylation sites (N-methyl/N-ethyl adjacent to an activating group) is 1. The molecule has 7 nitrogen and oxygen atoms in total. The molecule has 2 N–H and O–H groups in total. The standard InChI is InChI=1S/C25H23F2N3O4/c1-30(20-8-10-21(34-2)11-9-20)25(33)22(12-16-6-4-3-5-7-16)29-24(32)23(31)28-19-14-17(26)13-18(27)15-19/h3-11,13-15,22H,12H2,1-2H3,(H,28,31)(H,29,32)/t22-/m0/s1. The molecular formula is C25H23F2N3O4. The van der Waals surface area contributed by atoms with Crippen LogP contribution in [0.1, 0.15) is 5.56 Å². The molecule has 3 amide bonds. The number of ether oxygens (including phenoxy) is 1. The molecule has 0 radical (unpaired) electrons. The van der Waals surface area contributed by atoms with E-state index in [2.05, 4.69) is 10.6 Å². The summed E-state index contributed by atoms with van der Waals surface area (Å²) in [7, 11) is 3.07. The second kappa shape index (κ2) is 11.0. The molecule has 0 bridgehead atoms. The van der Waals surface area contributed by atoms with Gasteiger partial charge in [-0.25, -0.2) is 8.78 Å². The Morgan fingerprint density at radius 1 is 0.912 bits per heavy atom. The van der Waals surface area contributed by atoms with Gasteiger partial charge >= 0.3 is 11.8 Å². The summed E-state index contributed by atoms with van der Waals surface area (Å²) in [5, 5.41) is 4.57. The predicted molar refractivity (Wildman–Crippen MR) is 123 cm³/mol. The molecule has 0 aliphatic rings. The summed E-state index contributed by atoms with van der Waals surface area (Å²) in [6, 6.07) is 17.0. The fourth-order valence-electron chi connectivity index (χ4n) is 3.25. The van der Waals surface area contributed by atoms with Crippen molar-refractivity contribution in [3.05, 3.63) is 90.0 Å². The van der Waals surface area contributed by atoms with Crippen molar-refractivity contribution in [1.82, 2.24) is 5.32 Å². The lowest BCUT2D eigenvalue weighted by Gasteiger charge is -2.25. The van der Waals surface area contributed by atoms with E-state index in [4.69, 9.17) is 4.74 Å². The molecule has 0 aliphatic carbocycles. The van der Waals surface area contributed by atoms with E-state index in [9.17, 15) is 23.2 Å². The van der Waals surface area contributed by atoms with Crippen molar-refractivity contribution in [2.45, 2.75) is 12.5 Å². The largest absolute Gasteiger partial charge is 0.497 e. The maximum Gasteiger partial charge on any atom is 0.313 e. The first-order chi connectivity index (χ1) is 16.3. The molecule has 0 aromatic heterocycles. The molecule has 176 valence electrons. The van der Waals surface area contributed by atoms with Gasteiger partial charge in [0.25, 0.3) is 0 Å². The number of rotatable bonds is 7. The minimum Gasteiger partial charge on any atom is -0.497 e. The Balaban J connectivity index is 1.78. The van der Waals surface area contributed by atoms with E-state index in [-0.39, 0.29) is 12.1 Å². The minimum absolute atomic E-state index is 0.119. The summed E-state index contributed by atoms with van der Waals surface area (Å²) < 4.78 is 31.9. The van der Waals surface area contributed by atoms with Crippen molar-refractivity contribution in [3.63, 3.8) is 0 Å². The van der Waals surface area contributed by atoms with Gasteiger partial charge in [0.2, 0.25) is 5.91 Å². The quantitative estimate of drug-likeness (QED) is 0.522. The van der Waals surface area contributed by atoms with Gasteiger partial charge in [-0.15, -0.1) is 0 Å². The van der Waals surface area contributed by atoms with E-state index in [0.29, 0.717) is 17.5 Å². The van der Waals surface area contributed by atoms with Crippen molar-refractivity contribution in [2.75, 3.05) is 24.4 Å². The smallest absolute Gasteiger partial charge is 0.313 e. The summed E-state index contributed by atoms with van der Waals surface area (Å²) in [6.45, 7) is 0. The molecule has 0 fully saturated rings.